The highest BCUT2D eigenvalue weighted by Crippen LogP contribution is 2.31. The van der Waals surface area contributed by atoms with Crippen molar-refractivity contribution in [1.29, 1.82) is 0 Å². The van der Waals surface area contributed by atoms with E-state index in [2.05, 4.69) is 18.9 Å². The maximum Gasteiger partial charge on any atom is 0.349 e. The van der Waals surface area contributed by atoms with Crippen LogP contribution in [0.5, 0.6) is 0 Å². The Kier molecular flexibility index (Phi) is 11.3. The van der Waals surface area contributed by atoms with Gasteiger partial charge in [-0.15, -0.1) is 35.5 Å². The first kappa shape index (κ1) is 26.7. The molecule has 10 nitrogen and oxygen atoms in total. The molecule has 162 valence electrons. The highest BCUT2D eigenvalue weighted by molar-refractivity contribution is 8.01. The lowest BCUT2D eigenvalue weighted by Gasteiger charge is -2.12. The maximum atomic E-state index is 11.3. The fourth-order valence-electron chi connectivity index (χ4n) is 2.16. The molecule has 2 N–H and O–H groups in total. The Balaban J connectivity index is 0.000000523. The van der Waals surface area contributed by atoms with Crippen molar-refractivity contribution in [3.05, 3.63) is 15.8 Å². The summed E-state index contributed by atoms with van der Waals surface area (Å²) in [6.45, 7) is 0. The molecule has 1 aliphatic rings. The Bertz CT molecular complexity index is 780. The lowest BCUT2D eigenvalue weighted by atomic mass is 10.0. The van der Waals surface area contributed by atoms with Gasteiger partial charge in [-0.2, -0.15) is 0 Å². The second kappa shape index (κ2) is 12.3. The van der Waals surface area contributed by atoms with Gasteiger partial charge in [0.05, 0.1) is 39.9 Å². The summed E-state index contributed by atoms with van der Waals surface area (Å²) in [6, 6.07) is 0. The standard InChI is InChI=1S/C8H9NO4S.C8H10O5S.ClH/c2*1-12-7(10)5-4(9)3-14-6(5)8(11)13-2;/h3H,9H2,1-2H3;5-6H,3H2,1-2H3;1H. The number of rotatable bonds is 4. The molecule has 29 heavy (non-hydrogen) atoms. The van der Waals surface area contributed by atoms with Crippen molar-refractivity contribution in [2.24, 2.45) is 5.92 Å². The van der Waals surface area contributed by atoms with E-state index in [-0.39, 0.29) is 40.1 Å². The Hall–Kier alpha value is -2.31. The molecule has 2 heterocycles. The van der Waals surface area contributed by atoms with Crippen LogP contribution in [0.1, 0.15) is 20.0 Å². The van der Waals surface area contributed by atoms with Crippen LogP contribution in [0, 0.1) is 5.92 Å². The SMILES string of the molecule is COC(=O)C1SCC(=O)C1C(=O)OC.COC(=O)c1scc(N)c1C(=O)OC.Cl. The molecule has 1 fully saturated rings. The monoisotopic (exact) mass is 469 g/mol. The van der Waals surface area contributed by atoms with Crippen LogP contribution in [0.25, 0.3) is 0 Å². The molecule has 0 bridgehead atoms. The van der Waals surface area contributed by atoms with E-state index in [1.165, 1.54) is 33.8 Å². The van der Waals surface area contributed by atoms with E-state index < -0.39 is 35.0 Å². The summed E-state index contributed by atoms with van der Waals surface area (Å²) < 4.78 is 17.9. The number of thioether (sulfide) groups is 1. The summed E-state index contributed by atoms with van der Waals surface area (Å²) in [6.07, 6.45) is 0. The number of carbonyl (C=O) groups is 5. The van der Waals surface area contributed by atoms with E-state index in [0.717, 1.165) is 23.1 Å². The van der Waals surface area contributed by atoms with E-state index in [1.54, 1.807) is 0 Å². The average molecular weight is 470 g/mol. The van der Waals surface area contributed by atoms with Gasteiger partial charge in [0.1, 0.15) is 21.6 Å². The van der Waals surface area contributed by atoms with Crippen molar-refractivity contribution in [1.82, 2.24) is 0 Å². The molecule has 2 rings (SSSR count). The number of halogens is 1. The molecule has 13 heteroatoms. The first-order chi connectivity index (χ1) is 13.2. The summed E-state index contributed by atoms with van der Waals surface area (Å²) >= 11 is 2.16. The number of nitrogens with two attached hydrogens (primary N) is 1. The van der Waals surface area contributed by atoms with E-state index >= 15 is 0 Å². The molecule has 0 amide bonds. The van der Waals surface area contributed by atoms with Crippen molar-refractivity contribution >= 4 is 70.9 Å². The fraction of sp³-hybridized carbons (Fsp3) is 0.438. The molecule has 2 atom stereocenters. The van der Waals surface area contributed by atoms with Crippen LogP contribution in [-0.2, 0) is 33.3 Å². The Morgan fingerprint density at radius 3 is 2.00 bits per heavy atom. The number of hydrogen-bond acceptors (Lipinski definition) is 12. The largest absolute Gasteiger partial charge is 0.468 e. The van der Waals surface area contributed by atoms with Crippen molar-refractivity contribution in [2.75, 3.05) is 39.9 Å². The van der Waals surface area contributed by atoms with Gasteiger partial charge in [-0.25, -0.2) is 9.59 Å². The number of carbonyl (C=O) groups excluding carboxylic acids is 5. The van der Waals surface area contributed by atoms with E-state index in [4.69, 9.17) is 5.73 Å². The van der Waals surface area contributed by atoms with Crippen LogP contribution in [0.3, 0.4) is 0 Å². The van der Waals surface area contributed by atoms with Crippen molar-refractivity contribution < 1.29 is 42.9 Å². The van der Waals surface area contributed by atoms with E-state index in [9.17, 15) is 24.0 Å². The topological polar surface area (TPSA) is 148 Å². The lowest BCUT2D eigenvalue weighted by molar-refractivity contribution is -0.153. The third-order valence-electron chi connectivity index (χ3n) is 3.52. The van der Waals surface area contributed by atoms with Gasteiger partial charge in [0.15, 0.2) is 5.78 Å². The fourth-order valence-corrected chi connectivity index (χ4v) is 4.23. The molecule has 0 aliphatic carbocycles. The zero-order valence-corrected chi connectivity index (χ0v) is 18.4. The average Bonchev–Trinajstić information content (AvgIpc) is 3.28. The van der Waals surface area contributed by atoms with Crippen LogP contribution in [-0.4, -0.2) is 69.1 Å². The smallest absolute Gasteiger partial charge is 0.349 e. The molecule has 1 aliphatic heterocycles. The van der Waals surface area contributed by atoms with Crippen LogP contribution in [0.15, 0.2) is 5.38 Å². The van der Waals surface area contributed by atoms with Crippen LogP contribution >= 0.6 is 35.5 Å². The number of ether oxygens (including phenoxy) is 4. The minimum Gasteiger partial charge on any atom is -0.468 e. The van der Waals surface area contributed by atoms with Gasteiger partial charge in [-0.05, 0) is 0 Å². The molecule has 1 saturated heterocycles. The van der Waals surface area contributed by atoms with Gasteiger partial charge in [-0.3, -0.25) is 14.4 Å². The van der Waals surface area contributed by atoms with Gasteiger partial charge in [0.2, 0.25) is 0 Å². The minimum atomic E-state index is -1.00. The lowest BCUT2D eigenvalue weighted by Crippen LogP contribution is -2.34. The van der Waals surface area contributed by atoms with Gasteiger partial charge in [-0.1, -0.05) is 0 Å². The van der Waals surface area contributed by atoms with Gasteiger partial charge in [0, 0.05) is 5.38 Å². The highest BCUT2D eigenvalue weighted by Gasteiger charge is 2.46. The number of anilines is 1. The highest BCUT2D eigenvalue weighted by atomic mass is 35.5. The summed E-state index contributed by atoms with van der Waals surface area (Å²) in [5.41, 5.74) is 5.81. The number of hydrogen-bond donors (Lipinski definition) is 1. The minimum absolute atomic E-state index is 0. The van der Waals surface area contributed by atoms with Crippen molar-refractivity contribution in [2.45, 2.75) is 5.25 Å². The molecule has 1 aromatic heterocycles. The van der Waals surface area contributed by atoms with Crippen LogP contribution in [0.2, 0.25) is 0 Å². The molecule has 0 aromatic carbocycles. The molecule has 0 saturated carbocycles. The quantitative estimate of drug-likeness (QED) is 0.381. The van der Waals surface area contributed by atoms with Gasteiger partial charge in [0.25, 0.3) is 0 Å². The number of ketones is 1. The molecule has 0 spiro atoms. The van der Waals surface area contributed by atoms with Crippen molar-refractivity contribution in [3.63, 3.8) is 0 Å². The van der Waals surface area contributed by atoms with Crippen LogP contribution in [0.4, 0.5) is 5.69 Å². The summed E-state index contributed by atoms with van der Waals surface area (Å²) in [4.78, 5) is 56.2. The first-order valence-electron chi connectivity index (χ1n) is 7.56. The summed E-state index contributed by atoms with van der Waals surface area (Å²) in [7, 11) is 4.87. The zero-order chi connectivity index (χ0) is 21.4. The summed E-state index contributed by atoms with van der Waals surface area (Å²) in [5, 5.41) is 0.748. The third kappa shape index (κ3) is 6.34. The van der Waals surface area contributed by atoms with E-state index in [1.807, 2.05) is 0 Å². The summed E-state index contributed by atoms with van der Waals surface area (Å²) in [5.74, 6) is -3.59. The molecular formula is C16H20ClNO9S2. The molecular weight excluding hydrogens is 450 g/mol. The normalized spacial score (nSPS) is 17.2. The number of methoxy groups -OCH3 is 4. The molecule has 0 radical (unpaired) electrons. The predicted molar refractivity (Wildman–Crippen MR) is 107 cm³/mol. The Morgan fingerprint density at radius 2 is 1.52 bits per heavy atom. The number of esters is 4. The van der Waals surface area contributed by atoms with Crippen molar-refractivity contribution in [3.8, 4) is 0 Å². The maximum absolute atomic E-state index is 11.3. The first-order valence-corrected chi connectivity index (χ1v) is 9.49. The zero-order valence-electron chi connectivity index (χ0n) is 15.9. The molecule has 2 unspecified atom stereocenters. The third-order valence-corrected chi connectivity index (χ3v) is 5.78. The van der Waals surface area contributed by atoms with Crippen LogP contribution < -0.4 is 5.73 Å². The second-order valence-electron chi connectivity index (χ2n) is 5.10. The van der Waals surface area contributed by atoms with Gasteiger partial charge < -0.3 is 24.7 Å². The molecule has 1 aromatic rings. The Labute approximate surface area is 180 Å². The number of Topliss-reactive ketones (excluding diaryl/α,β-unsaturated/α-hetero) is 1. The van der Waals surface area contributed by atoms with Gasteiger partial charge >= 0.3 is 23.9 Å². The second-order valence-corrected chi connectivity index (χ2v) is 7.11. The predicted octanol–water partition coefficient (Wildman–Crippen LogP) is 0.958. The number of thiophene rings is 1. The number of nitrogen functional groups attached to an aromatic ring is 1. The Morgan fingerprint density at radius 1 is 0.966 bits per heavy atom. The van der Waals surface area contributed by atoms with E-state index in [0.29, 0.717) is 0 Å².